The van der Waals surface area contributed by atoms with Crippen molar-refractivity contribution in [1.29, 1.82) is 0 Å². The van der Waals surface area contributed by atoms with E-state index in [9.17, 15) is 4.79 Å². The summed E-state index contributed by atoms with van der Waals surface area (Å²) in [6.45, 7) is 2.47. The number of nitrogens with one attached hydrogen (secondary N) is 2. The lowest BCUT2D eigenvalue weighted by atomic mass is 9.96. The quantitative estimate of drug-likeness (QED) is 0.655. The molecule has 22 heavy (non-hydrogen) atoms. The molecule has 0 fully saturated rings. The van der Waals surface area contributed by atoms with Crippen molar-refractivity contribution in [3.63, 3.8) is 0 Å². The van der Waals surface area contributed by atoms with Crippen LogP contribution < -0.4 is 11.1 Å². The van der Waals surface area contributed by atoms with E-state index < -0.39 is 0 Å². The average molecular weight is 313 g/mol. The number of carbonyl (C=O) groups excluding carboxylic acids is 1. The van der Waals surface area contributed by atoms with Gasteiger partial charge in [-0.25, -0.2) is 0 Å². The Labute approximate surface area is 133 Å². The molecule has 0 saturated carbocycles. The zero-order chi connectivity index (χ0) is 15.5. The van der Waals surface area contributed by atoms with Crippen LogP contribution in [0.2, 0.25) is 0 Å². The van der Waals surface area contributed by atoms with Gasteiger partial charge in [-0.15, -0.1) is 11.3 Å². The molecule has 2 aromatic heterocycles. The molecular formula is C17H19N3OS. The average Bonchev–Trinajstić information content (AvgIpc) is 3.17. The Morgan fingerprint density at radius 2 is 2.14 bits per heavy atom. The Morgan fingerprint density at radius 3 is 2.86 bits per heavy atom. The van der Waals surface area contributed by atoms with E-state index in [1.807, 2.05) is 12.1 Å². The summed E-state index contributed by atoms with van der Waals surface area (Å²) >= 11 is 1.73. The highest BCUT2D eigenvalue weighted by molar-refractivity contribution is 7.10. The van der Waals surface area contributed by atoms with Crippen molar-refractivity contribution in [3.05, 3.63) is 58.4 Å². The summed E-state index contributed by atoms with van der Waals surface area (Å²) in [7, 11) is 0. The minimum absolute atomic E-state index is 0.193. The number of carbonyl (C=O) groups is 1. The van der Waals surface area contributed by atoms with E-state index in [1.54, 1.807) is 18.3 Å². The summed E-state index contributed by atoms with van der Waals surface area (Å²) in [6.07, 6.45) is 2.06. The van der Waals surface area contributed by atoms with Crippen LogP contribution in [0.15, 0.2) is 48.0 Å². The van der Waals surface area contributed by atoms with Crippen molar-refractivity contribution in [2.45, 2.75) is 18.9 Å². The fourth-order valence-corrected chi connectivity index (χ4v) is 3.48. The van der Waals surface area contributed by atoms with Gasteiger partial charge in [0.15, 0.2) is 0 Å². The maximum atomic E-state index is 11.3. The number of aromatic nitrogens is 1. The molecule has 4 nitrogen and oxygen atoms in total. The standard InChI is InChI=1S/C17H19N3OS/c1-11(17(18)21)19-10-14(16-7-4-8-22-16)13-9-20-15-6-3-2-5-12(13)15/h2-9,11,14,19-20H,10H2,1H3,(H2,18,21)/t11-,14+/m0/s1. The first-order valence-corrected chi connectivity index (χ1v) is 8.17. The van der Waals surface area contributed by atoms with Crippen LogP contribution in [0.25, 0.3) is 10.9 Å². The topological polar surface area (TPSA) is 70.9 Å². The van der Waals surface area contributed by atoms with Gasteiger partial charge in [-0.05, 0) is 30.0 Å². The highest BCUT2D eigenvalue weighted by atomic mass is 32.1. The van der Waals surface area contributed by atoms with Gasteiger partial charge in [0.1, 0.15) is 0 Å². The van der Waals surface area contributed by atoms with E-state index in [-0.39, 0.29) is 17.9 Å². The number of benzene rings is 1. The number of aromatic amines is 1. The SMILES string of the molecule is C[C@H](NC[C@@H](c1cccs1)c1c[nH]c2ccccc12)C(N)=O. The van der Waals surface area contributed by atoms with E-state index in [0.717, 1.165) is 5.52 Å². The van der Waals surface area contributed by atoms with Gasteiger partial charge in [-0.3, -0.25) is 4.79 Å². The van der Waals surface area contributed by atoms with Crippen LogP contribution in [0.3, 0.4) is 0 Å². The van der Waals surface area contributed by atoms with E-state index in [0.29, 0.717) is 6.54 Å². The number of thiophene rings is 1. The third kappa shape index (κ3) is 2.91. The molecule has 1 amide bonds. The number of fused-ring (bicyclic) bond motifs is 1. The number of primary amides is 1. The number of H-pyrrole nitrogens is 1. The number of rotatable bonds is 6. The van der Waals surface area contributed by atoms with Gasteiger partial charge in [0.2, 0.25) is 5.91 Å². The number of hydrogen-bond donors (Lipinski definition) is 3. The van der Waals surface area contributed by atoms with Gasteiger partial charge in [0.25, 0.3) is 0 Å². The van der Waals surface area contributed by atoms with E-state index in [1.165, 1.54) is 15.8 Å². The van der Waals surface area contributed by atoms with Crippen LogP contribution in [0.1, 0.15) is 23.3 Å². The Bertz CT molecular complexity index is 763. The van der Waals surface area contributed by atoms with Gasteiger partial charge >= 0.3 is 0 Å². The summed E-state index contributed by atoms with van der Waals surface area (Å²) in [4.78, 5) is 15.9. The first-order valence-electron chi connectivity index (χ1n) is 7.29. The third-order valence-electron chi connectivity index (χ3n) is 3.94. The second-order valence-corrected chi connectivity index (χ2v) is 6.37. The van der Waals surface area contributed by atoms with Gasteiger partial charge in [0, 0.05) is 34.4 Å². The molecule has 0 aliphatic rings. The molecule has 114 valence electrons. The monoisotopic (exact) mass is 313 g/mol. The molecule has 0 aliphatic heterocycles. The first-order chi connectivity index (χ1) is 10.7. The lowest BCUT2D eigenvalue weighted by Crippen LogP contribution is -2.40. The van der Waals surface area contributed by atoms with Gasteiger partial charge in [-0.2, -0.15) is 0 Å². The molecule has 1 aromatic carbocycles. The highest BCUT2D eigenvalue weighted by Crippen LogP contribution is 2.32. The Morgan fingerprint density at radius 1 is 1.32 bits per heavy atom. The van der Waals surface area contributed by atoms with Gasteiger partial charge in [-0.1, -0.05) is 24.3 Å². The largest absolute Gasteiger partial charge is 0.368 e. The number of amides is 1. The van der Waals surface area contributed by atoms with Crippen LogP contribution in [-0.4, -0.2) is 23.5 Å². The summed E-state index contributed by atoms with van der Waals surface area (Å²) in [6, 6.07) is 12.1. The maximum Gasteiger partial charge on any atom is 0.234 e. The Balaban J connectivity index is 1.93. The number of hydrogen-bond acceptors (Lipinski definition) is 3. The molecule has 0 aliphatic carbocycles. The van der Waals surface area contributed by atoms with Crippen LogP contribution in [0.5, 0.6) is 0 Å². The minimum atomic E-state index is -0.340. The fraction of sp³-hybridized carbons (Fsp3) is 0.235. The zero-order valence-electron chi connectivity index (χ0n) is 12.4. The van der Waals surface area contributed by atoms with Gasteiger partial charge in [0.05, 0.1) is 6.04 Å². The minimum Gasteiger partial charge on any atom is -0.368 e. The molecule has 0 radical (unpaired) electrons. The van der Waals surface area contributed by atoms with Crippen molar-refractivity contribution in [3.8, 4) is 0 Å². The molecule has 0 saturated heterocycles. The van der Waals surface area contributed by atoms with Crippen molar-refractivity contribution < 1.29 is 4.79 Å². The van der Waals surface area contributed by atoms with E-state index in [4.69, 9.17) is 5.73 Å². The fourth-order valence-electron chi connectivity index (χ4n) is 2.63. The molecule has 0 spiro atoms. The Kier molecular flexibility index (Phi) is 4.27. The summed E-state index contributed by atoms with van der Waals surface area (Å²) < 4.78 is 0. The first kappa shape index (κ1) is 14.8. The summed E-state index contributed by atoms with van der Waals surface area (Å²) in [5.41, 5.74) is 7.71. The summed E-state index contributed by atoms with van der Waals surface area (Å²) in [5, 5.41) is 6.54. The van der Waals surface area contributed by atoms with E-state index >= 15 is 0 Å². The summed E-state index contributed by atoms with van der Waals surface area (Å²) in [5.74, 6) is -0.137. The highest BCUT2D eigenvalue weighted by Gasteiger charge is 2.20. The number of para-hydroxylation sites is 1. The normalized spacial score (nSPS) is 14.0. The van der Waals surface area contributed by atoms with Crippen LogP contribution >= 0.6 is 11.3 Å². The lowest BCUT2D eigenvalue weighted by Gasteiger charge is -2.18. The maximum absolute atomic E-state index is 11.3. The molecule has 0 bridgehead atoms. The molecule has 0 unspecified atom stereocenters. The molecule has 2 atom stereocenters. The molecule has 2 heterocycles. The predicted octanol–water partition coefficient (Wildman–Crippen LogP) is 2.82. The smallest absolute Gasteiger partial charge is 0.234 e. The molecule has 4 N–H and O–H groups in total. The van der Waals surface area contributed by atoms with Crippen LogP contribution in [0, 0.1) is 0 Å². The molecular weight excluding hydrogens is 294 g/mol. The van der Waals surface area contributed by atoms with Crippen molar-refractivity contribution in [2.75, 3.05) is 6.54 Å². The second kappa shape index (κ2) is 6.34. The molecule has 5 heteroatoms. The van der Waals surface area contributed by atoms with Crippen LogP contribution in [-0.2, 0) is 4.79 Å². The lowest BCUT2D eigenvalue weighted by molar-refractivity contribution is -0.119. The second-order valence-electron chi connectivity index (χ2n) is 5.39. The van der Waals surface area contributed by atoms with Crippen molar-refractivity contribution in [2.24, 2.45) is 5.73 Å². The molecule has 3 aromatic rings. The predicted molar refractivity (Wildman–Crippen MR) is 91.1 cm³/mol. The van der Waals surface area contributed by atoms with Crippen molar-refractivity contribution >= 4 is 28.1 Å². The van der Waals surface area contributed by atoms with Crippen molar-refractivity contribution in [1.82, 2.24) is 10.3 Å². The number of nitrogens with two attached hydrogens (primary N) is 1. The Hall–Kier alpha value is -2.11. The third-order valence-corrected chi connectivity index (χ3v) is 4.92. The van der Waals surface area contributed by atoms with Crippen LogP contribution in [0.4, 0.5) is 0 Å². The van der Waals surface area contributed by atoms with E-state index in [2.05, 4.69) is 46.1 Å². The van der Waals surface area contributed by atoms with Gasteiger partial charge < -0.3 is 16.0 Å². The zero-order valence-corrected chi connectivity index (χ0v) is 13.2. The molecule has 3 rings (SSSR count).